The van der Waals surface area contributed by atoms with Crippen LogP contribution in [0.25, 0.3) is 0 Å². The van der Waals surface area contributed by atoms with Gasteiger partial charge in [-0.2, -0.15) is 13.2 Å². The average molecular weight is 344 g/mol. The molecule has 0 radical (unpaired) electrons. The molecule has 0 aliphatic carbocycles. The van der Waals surface area contributed by atoms with Crippen molar-refractivity contribution in [2.45, 2.75) is 25.4 Å². The minimum Gasteiger partial charge on any atom is -0.475 e. The van der Waals surface area contributed by atoms with Gasteiger partial charge in [0.25, 0.3) is 0 Å². The summed E-state index contributed by atoms with van der Waals surface area (Å²) in [6, 6.07) is 8.17. The summed E-state index contributed by atoms with van der Waals surface area (Å²) in [7, 11) is 0. The molecule has 0 bridgehead atoms. The second kappa shape index (κ2) is 7.65. The Kier molecular flexibility index (Phi) is 5.82. The highest BCUT2D eigenvalue weighted by atomic mass is 19.4. The fourth-order valence-corrected chi connectivity index (χ4v) is 2.84. The van der Waals surface area contributed by atoms with E-state index in [-0.39, 0.29) is 5.91 Å². The number of halogens is 3. The van der Waals surface area contributed by atoms with Crippen LogP contribution in [0.3, 0.4) is 0 Å². The summed E-state index contributed by atoms with van der Waals surface area (Å²) in [6.45, 7) is 3.08. The highest BCUT2D eigenvalue weighted by molar-refractivity contribution is 6.01. The first-order valence-electron chi connectivity index (χ1n) is 7.68. The Morgan fingerprint density at radius 1 is 1.25 bits per heavy atom. The Balaban J connectivity index is 0.000000256. The number of carbonyl (C=O) groups is 2. The lowest BCUT2D eigenvalue weighted by molar-refractivity contribution is -0.192. The Hall–Kier alpha value is -2.09. The van der Waals surface area contributed by atoms with Gasteiger partial charge in [0, 0.05) is 12.2 Å². The number of rotatable bonds is 2. The minimum absolute atomic E-state index is 0.268. The number of anilines is 1. The van der Waals surface area contributed by atoms with E-state index in [1.54, 1.807) is 0 Å². The number of amides is 1. The smallest absolute Gasteiger partial charge is 0.475 e. The molecular formula is C16H19F3N2O3. The molecule has 1 aromatic carbocycles. The molecule has 1 fully saturated rings. The van der Waals surface area contributed by atoms with Gasteiger partial charge in [-0.3, -0.25) is 4.79 Å². The molecule has 0 aromatic heterocycles. The zero-order valence-electron chi connectivity index (χ0n) is 13.0. The molecule has 8 heteroatoms. The van der Waals surface area contributed by atoms with Crippen LogP contribution in [0.4, 0.5) is 18.9 Å². The van der Waals surface area contributed by atoms with E-state index in [1.165, 1.54) is 18.4 Å². The maximum absolute atomic E-state index is 12.0. The van der Waals surface area contributed by atoms with Gasteiger partial charge in [0.15, 0.2) is 0 Å². The molecule has 132 valence electrons. The monoisotopic (exact) mass is 344 g/mol. The minimum atomic E-state index is -5.08. The largest absolute Gasteiger partial charge is 0.490 e. The van der Waals surface area contributed by atoms with Gasteiger partial charge in [0.05, 0.1) is 6.42 Å². The van der Waals surface area contributed by atoms with Gasteiger partial charge >= 0.3 is 12.1 Å². The Bertz CT molecular complexity index is 598. The van der Waals surface area contributed by atoms with Gasteiger partial charge < -0.3 is 15.3 Å². The summed E-state index contributed by atoms with van der Waals surface area (Å²) in [5, 5.41) is 10.5. The highest BCUT2D eigenvalue weighted by Crippen LogP contribution is 2.30. The quantitative estimate of drug-likeness (QED) is 0.863. The number of aliphatic carboxylic acids is 1. The second-order valence-electron chi connectivity index (χ2n) is 5.81. The van der Waals surface area contributed by atoms with E-state index in [2.05, 4.69) is 17.4 Å². The number of fused-ring (bicyclic) bond motifs is 1. The maximum Gasteiger partial charge on any atom is 0.490 e. The molecule has 0 saturated carbocycles. The summed E-state index contributed by atoms with van der Waals surface area (Å²) in [6.07, 6.45) is -2.13. The second-order valence-corrected chi connectivity index (χ2v) is 5.81. The molecule has 0 unspecified atom stereocenters. The molecule has 2 aliphatic rings. The number of nitrogens with one attached hydrogen (secondary N) is 1. The first-order chi connectivity index (χ1) is 11.3. The van der Waals surface area contributed by atoms with E-state index < -0.39 is 12.1 Å². The number of para-hydroxylation sites is 1. The van der Waals surface area contributed by atoms with Gasteiger partial charge in [-0.1, -0.05) is 18.2 Å². The third kappa shape index (κ3) is 4.70. The van der Waals surface area contributed by atoms with Crippen LogP contribution in [0, 0.1) is 5.92 Å². The van der Waals surface area contributed by atoms with Gasteiger partial charge in [-0.05, 0) is 43.5 Å². The summed E-state index contributed by atoms with van der Waals surface area (Å²) in [4.78, 5) is 22.9. The molecular weight excluding hydrogens is 325 g/mol. The summed E-state index contributed by atoms with van der Waals surface area (Å²) in [5.41, 5.74) is 2.32. The van der Waals surface area contributed by atoms with Crippen LogP contribution in [-0.4, -0.2) is 42.8 Å². The van der Waals surface area contributed by atoms with Crippen LogP contribution in [0.5, 0.6) is 0 Å². The van der Waals surface area contributed by atoms with E-state index in [9.17, 15) is 18.0 Å². The molecule has 2 N–H and O–H groups in total. The van der Waals surface area contributed by atoms with Crippen LogP contribution < -0.4 is 10.2 Å². The predicted molar refractivity (Wildman–Crippen MR) is 81.8 cm³/mol. The Labute approximate surface area is 137 Å². The van der Waals surface area contributed by atoms with Gasteiger partial charge in [-0.15, -0.1) is 0 Å². The molecule has 2 heterocycles. The normalized spacial score (nSPS) is 18.0. The highest BCUT2D eigenvalue weighted by Gasteiger charge is 2.38. The van der Waals surface area contributed by atoms with Crippen LogP contribution >= 0.6 is 0 Å². The fraction of sp³-hybridized carbons (Fsp3) is 0.500. The topological polar surface area (TPSA) is 69.6 Å². The van der Waals surface area contributed by atoms with E-state index in [4.69, 9.17) is 9.90 Å². The summed E-state index contributed by atoms with van der Waals surface area (Å²) < 4.78 is 31.7. The van der Waals surface area contributed by atoms with Crippen molar-refractivity contribution in [1.29, 1.82) is 0 Å². The SMILES string of the molecule is O=C(O)C(F)(F)F.O=C1Cc2ccccc2N1CC1CCNCC1. The number of benzene rings is 1. The van der Waals surface area contributed by atoms with E-state index in [0.717, 1.165) is 25.3 Å². The van der Waals surface area contributed by atoms with Crippen molar-refractivity contribution in [1.82, 2.24) is 5.32 Å². The van der Waals surface area contributed by atoms with E-state index in [0.29, 0.717) is 12.3 Å². The van der Waals surface area contributed by atoms with Gasteiger partial charge in [-0.25, -0.2) is 4.79 Å². The van der Waals surface area contributed by atoms with Gasteiger partial charge in [0.2, 0.25) is 5.91 Å². The lowest BCUT2D eigenvalue weighted by Gasteiger charge is -2.27. The van der Waals surface area contributed by atoms with Crippen molar-refractivity contribution in [3.05, 3.63) is 29.8 Å². The van der Waals surface area contributed by atoms with Crippen molar-refractivity contribution in [3.8, 4) is 0 Å². The van der Waals surface area contributed by atoms with Crippen LogP contribution in [0.1, 0.15) is 18.4 Å². The third-order valence-corrected chi connectivity index (χ3v) is 4.07. The number of hydrogen-bond acceptors (Lipinski definition) is 3. The van der Waals surface area contributed by atoms with E-state index in [1.807, 2.05) is 17.0 Å². The fourth-order valence-electron chi connectivity index (χ4n) is 2.84. The predicted octanol–water partition coefficient (Wildman–Crippen LogP) is 2.21. The Morgan fingerprint density at radius 2 is 1.83 bits per heavy atom. The number of carboxylic acid groups (broad SMARTS) is 1. The zero-order valence-corrected chi connectivity index (χ0v) is 13.0. The van der Waals surface area contributed by atoms with Crippen molar-refractivity contribution < 1.29 is 27.9 Å². The van der Waals surface area contributed by atoms with Crippen LogP contribution in [0.15, 0.2) is 24.3 Å². The lowest BCUT2D eigenvalue weighted by atomic mass is 9.97. The summed E-state index contributed by atoms with van der Waals surface area (Å²) >= 11 is 0. The number of nitrogens with zero attached hydrogens (tertiary/aromatic N) is 1. The first kappa shape index (κ1) is 18.3. The number of hydrogen-bond donors (Lipinski definition) is 2. The number of piperidine rings is 1. The number of alkyl halides is 3. The standard InChI is InChI=1S/C14H18N2O.C2HF3O2/c17-14-9-12-3-1-2-4-13(12)16(14)10-11-5-7-15-8-6-11;3-2(4,5)1(6)7/h1-4,11,15H,5-10H2;(H,6,7). The molecule has 3 rings (SSSR count). The van der Waals surface area contributed by atoms with Crippen LogP contribution in [0.2, 0.25) is 0 Å². The number of carbonyl (C=O) groups excluding carboxylic acids is 1. The van der Waals surface area contributed by atoms with Crippen LogP contribution in [-0.2, 0) is 16.0 Å². The molecule has 0 atom stereocenters. The molecule has 5 nitrogen and oxygen atoms in total. The van der Waals surface area contributed by atoms with Crippen molar-refractivity contribution in [2.24, 2.45) is 5.92 Å². The average Bonchev–Trinajstić information content (AvgIpc) is 2.84. The Morgan fingerprint density at radius 3 is 2.42 bits per heavy atom. The maximum atomic E-state index is 12.0. The molecule has 0 spiro atoms. The summed E-state index contributed by atoms with van der Waals surface area (Å²) in [5.74, 6) is -1.83. The molecule has 1 aromatic rings. The third-order valence-electron chi connectivity index (χ3n) is 4.07. The van der Waals surface area contributed by atoms with Crippen molar-refractivity contribution in [3.63, 3.8) is 0 Å². The number of carboxylic acids is 1. The molecule has 24 heavy (non-hydrogen) atoms. The lowest BCUT2D eigenvalue weighted by Crippen LogP contribution is -2.37. The van der Waals surface area contributed by atoms with Crippen molar-refractivity contribution >= 4 is 17.6 Å². The molecule has 1 saturated heterocycles. The van der Waals surface area contributed by atoms with Gasteiger partial charge in [0.1, 0.15) is 0 Å². The van der Waals surface area contributed by atoms with E-state index >= 15 is 0 Å². The molecule has 1 amide bonds. The molecule has 2 aliphatic heterocycles. The zero-order chi connectivity index (χ0) is 17.7. The first-order valence-corrected chi connectivity index (χ1v) is 7.68. The van der Waals surface area contributed by atoms with Crippen molar-refractivity contribution in [2.75, 3.05) is 24.5 Å².